The van der Waals surface area contributed by atoms with Crippen molar-refractivity contribution in [3.63, 3.8) is 0 Å². The van der Waals surface area contributed by atoms with E-state index in [2.05, 4.69) is 4.98 Å². The quantitative estimate of drug-likeness (QED) is 0.885. The van der Waals surface area contributed by atoms with Crippen LogP contribution in [0.15, 0.2) is 36.7 Å². The van der Waals surface area contributed by atoms with E-state index in [-0.39, 0.29) is 0 Å². The second-order valence-electron chi connectivity index (χ2n) is 4.59. The highest BCUT2D eigenvalue weighted by molar-refractivity contribution is 6.30. The highest BCUT2D eigenvalue weighted by Gasteiger charge is 2.17. The summed E-state index contributed by atoms with van der Waals surface area (Å²) in [6, 6.07) is 6.90. The Morgan fingerprint density at radius 2 is 2.10 bits per heavy atom. The Bertz CT molecular complexity index is 604. The maximum absolute atomic E-state index is 10.5. The van der Waals surface area contributed by atoms with Crippen molar-refractivity contribution >= 4 is 11.6 Å². The molecule has 21 heavy (non-hydrogen) atoms. The molecule has 112 valence electrons. The minimum atomic E-state index is -0.878. The molecule has 0 saturated heterocycles. The van der Waals surface area contributed by atoms with Gasteiger partial charge in [-0.1, -0.05) is 18.5 Å². The van der Waals surface area contributed by atoms with E-state index in [1.54, 1.807) is 43.8 Å². The minimum Gasteiger partial charge on any atom is -0.496 e. The van der Waals surface area contributed by atoms with Crippen molar-refractivity contribution in [3.05, 3.63) is 52.8 Å². The molecule has 1 N–H and O–H groups in total. The summed E-state index contributed by atoms with van der Waals surface area (Å²) in [5.74, 6) is 1.21. The molecule has 0 amide bonds. The summed E-state index contributed by atoms with van der Waals surface area (Å²) in [7, 11) is 1.55. The molecule has 1 atom stereocenters. The van der Waals surface area contributed by atoms with E-state index in [1.807, 2.05) is 6.92 Å². The molecule has 0 aliphatic carbocycles. The van der Waals surface area contributed by atoms with Crippen molar-refractivity contribution in [2.45, 2.75) is 19.4 Å². The van der Waals surface area contributed by atoms with Gasteiger partial charge in [0, 0.05) is 22.3 Å². The Labute approximate surface area is 129 Å². The predicted molar refractivity (Wildman–Crippen MR) is 82.1 cm³/mol. The Balaban J connectivity index is 2.31. The third kappa shape index (κ3) is 3.86. The SMILES string of the molecule is CCCOc1cncc(C(O)c2cc(Cl)ccc2OC)c1. The zero-order valence-electron chi connectivity index (χ0n) is 12.0. The molecule has 0 saturated carbocycles. The number of pyridine rings is 1. The number of methoxy groups -OCH3 is 1. The third-order valence-corrected chi connectivity index (χ3v) is 3.24. The van der Waals surface area contributed by atoms with Crippen LogP contribution < -0.4 is 9.47 Å². The van der Waals surface area contributed by atoms with Gasteiger partial charge in [-0.05, 0) is 30.7 Å². The normalized spacial score (nSPS) is 12.0. The first kappa shape index (κ1) is 15.6. The predicted octanol–water partition coefficient (Wildman–Crippen LogP) is 3.61. The Hall–Kier alpha value is -1.78. The number of hydrogen-bond donors (Lipinski definition) is 1. The lowest BCUT2D eigenvalue weighted by Gasteiger charge is -2.16. The highest BCUT2D eigenvalue weighted by atomic mass is 35.5. The zero-order valence-corrected chi connectivity index (χ0v) is 12.8. The summed E-state index contributed by atoms with van der Waals surface area (Å²) >= 11 is 6.00. The summed E-state index contributed by atoms with van der Waals surface area (Å²) in [5.41, 5.74) is 1.23. The van der Waals surface area contributed by atoms with Gasteiger partial charge in [0.2, 0.25) is 0 Å². The van der Waals surface area contributed by atoms with Gasteiger partial charge in [-0.2, -0.15) is 0 Å². The summed E-state index contributed by atoms with van der Waals surface area (Å²) in [4.78, 5) is 4.10. The molecule has 1 unspecified atom stereocenters. The number of halogens is 1. The fourth-order valence-corrected chi connectivity index (χ4v) is 2.16. The maximum atomic E-state index is 10.5. The fourth-order valence-electron chi connectivity index (χ4n) is 1.98. The van der Waals surface area contributed by atoms with Crippen LogP contribution in [0.2, 0.25) is 5.02 Å². The molecule has 0 aliphatic heterocycles. The van der Waals surface area contributed by atoms with Crippen molar-refractivity contribution in [1.82, 2.24) is 4.98 Å². The molecule has 0 fully saturated rings. The second kappa shape index (κ2) is 7.29. The Morgan fingerprint density at radius 3 is 2.81 bits per heavy atom. The zero-order chi connectivity index (χ0) is 15.2. The Kier molecular flexibility index (Phi) is 5.42. The first-order chi connectivity index (χ1) is 10.2. The van der Waals surface area contributed by atoms with Crippen LogP contribution >= 0.6 is 11.6 Å². The largest absolute Gasteiger partial charge is 0.496 e. The van der Waals surface area contributed by atoms with Gasteiger partial charge in [0.15, 0.2) is 0 Å². The average Bonchev–Trinajstić information content (AvgIpc) is 2.52. The molecule has 0 radical (unpaired) electrons. The molecular weight excluding hydrogens is 290 g/mol. The molecule has 0 aliphatic rings. The van der Waals surface area contributed by atoms with E-state index < -0.39 is 6.10 Å². The van der Waals surface area contributed by atoms with Crippen molar-refractivity contribution in [1.29, 1.82) is 0 Å². The van der Waals surface area contributed by atoms with E-state index in [1.165, 1.54) is 0 Å². The van der Waals surface area contributed by atoms with Crippen molar-refractivity contribution in [3.8, 4) is 11.5 Å². The summed E-state index contributed by atoms with van der Waals surface area (Å²) in [6.45, 7) is 2.64. The summed E-state index contributed by atoms with van der Waals surface area (Å²) in [6.07, 6.45) is 3.26. The first-order valence-corrected chi connectivity index (χ1v) is 7.12. The van der Waals surface area contributed by atoms with E-state index >= 15 is 0 Å². The maximum Gasteiger partial charge on any atom is 0.137 e. The van der Waals surface area contributed by atoms with E-state index in [0.717, 1.165) is 6.42 Å². The lowest BCUT2D eigenvalue weighted by Crippen LogP contribution is -2.04. The van der Waals surface area contributed by atoms with Crippen molar-refractivity contribution in [2.24, 2.45) is 0 Å². The minimum absolute atomic E-state index is 0.538. The number of ether oxygens (including phenoxy) is 2. The molecule has 1 aromatic carbocycles. The van der Waals surface area contributed by atoms with Crippen LogP contribution in [0.25, 0.3) is 0 Å². The first-order valence-electron chi connectivity index (χ1n) is 6.75. The topological polar surface area (TPSA) is 51.6 Å². The van der Waals surface area contributed by atoms with Gasteiger partial charge in [0.25, 0.3) is 0 Å². The van der Waals surface area contributed by atoms with Gasteiger partial charge >= 0.3 is 0 Å². The number of aromatic nitrogens is 1. The molecule has 2 aromatic rings. The van der Waals surface area contributed by atoms with Crippen LogP contribution in [0.4, 0.5) is 0 Å². The van der Waals surface area contributed by atoms with Gasteiger partial charge in [-0.25, -0.2) is 0 Å². The molecule has 0 bridgehead atoms. The monoisotopic (exact) mass is 307 g/mol. The van der Waals surface area contributed by atoms with Gasteiger partial charge in [0.05, 0.1) is 19.9 Å². The van der Waals surface area contributed by atoms with E-state index in [9.17, 15) is 5.11 Å². The van der Waals surface area contributed by atoms with Crippen LogP contribution in [0.5, 0.6) is 11.5 Å². The molecule has 2 rings (SSSR count). The summed E-state index contributed by atoms with van der Waals surface area (Å²) < 4.78 is 10.8. The van der Waals surface area contributed by atoms with Crippen LogP contribution in [0.3, 0.4) is 0 Å². The number of nitrogens with zero attached hydrogens (tertiary/aromatic N) is 1. The smallest absolute Gasteiger partial charge is 0.137 e. The summed E-state index contributed by atoms with van der Waals surface area (Å²) in [5, 5.41) is 11.1. The average molecular weight is 308 g/mol. The molecule has 0 spiro atoms. The second-order valence-corrected chi connectivity index (χ2v) is 5.03. The third-order valence-electron chi connectivity index (χ3n) is 3.01. The number of aliphatic hydroxyl groups excluding tert-OH is 1. The Morgan fingerprint density at radius 1 is 1.29 bits per heavy atom. The number of benzene rings is 1. The van der Waals surface area contributed by atoms with Gasteiger partial charge < -0.3 is 14.6 Å². The molecular formula is C16H18ClNO3. The van der Waals surface area contributed by atoms with Crippen LogP contribution in [0.1, 0.15) is 30.6 Å². The molecule has 1 heterocycles. The lowest BCUT2D eigenvalue weighted by atomic mass is 10.0. The number of rotatable bonds is 6. The van der Waals surface area contributed by atoms with Crippen molar-refractivity contribution in [2.75, 3.05) is 13.7 Å². The van der Waals surface area contributed by atoms with Crippen molar-refractivity contribution < 1.29 is 14.6 Å². The standard InChI is InChI=1S/C16H18ClNO3/c1-3-6-21-13-7-11(9-18-10-13)16(19)14-8-12(17)4-5-15(14)20-2/h4-5,7-10,16,19H,3,6H2,1-2H3. The lowest BCUT2D eigenvalue weighted by molar-refractivity contribution is 0.213. The van der Waals surface area contributed by atoms with E-state index in [4.69, 9.17) is 21.1 Å². The van der Waals surface area contributed by atoms with Crippen LogP contribution in [0, 0.1) is 0 Å². The van der Waals surface area contributed by atoms with E-state index in [0.29, 0.717) is 34.3 Å². The molecule has 1 aromatic heterocycles. The number of aliphatic hydroxyl groups is 1. The van der Waals surface area contributed by atoms with Crippen LogP contribution in [-0.4, -0.2) is 23.8 Å². The fraction of sp³-hybridized carbons (Fsp3) is 0.312. The highest BCUT2D eigenvalue weighted by Crippen LogP contribution is 2.32. The van der Waals surface area contributed by atoms with Gasteiger partial charge in [0.1, 0.15) is 17.6 Å². The molecule has 4 nitrogen and oxygen atoms in total. The van der Waals surface area contributed by atoms with Gasteiger partial charge in [-0.15, -0.1) is 0 Å². The van der Waals surface area contributed by atoms with Gasteiger partial charge in [-0.3, -0.25) is 4.98 Å². The molecule has 5 heteroatoms. The van der Waals surface area contributed by atoms with Crippen LogP contribution in [-0.2, 0) is 0 Å². The number of hydrogen-bond acceptors (Lipinski definition) is 4.